The lowest BCUT2D eigenvalue weighted by Gasteiger charge is -2.07. The molecule has 1 amide bonds. The van der Waals surface area contributed by atoms with Gasteiger partial charge in [0, 0.05) is 17.8 Å². The third-order valence-electron chi connectivity index (χ3n) is 3.43. The van der Waals surface area contributed by atoms with Crippen molar-refractivity contribution in [2.45, 2.75) is 6.42 Å². The highest BCUT2D eigenvalue weighted by molar-refractivity contribution is 6.31. The van der Waals surface area contributed by atoms with E-state index in [0.29, 0.717) is 16.4 Å². The summed E-state index contributed by atoms with van der Waals surface area (Å²) in [7, 11) is 1.52. The van der Waals surface area contributed by atoms with E-state index in [1.807, 2.05) is 18.2 Å². The van der Waals surface area contributed by atoms with Crippen molar-refractivity contribution >= 4 is 23.2 Å². The summed E-state index contributed by atoms with van der Waals surface area (Å²) in [5.41, 5.74) is 1.61. The molecule has 0 radical (unpaired) electrons. The number of carbonyl (C=O) groups excluding carboxylic acids is 1. The van der Waals surface area contributed by atoms with Gasteiger partial charge in [-0.2, -0.15) is 9.36 Å². The van der Waals surface area contributed by atoms with E-state index < -0.39 is 0 Å². The molecule has 3 rings (SSSR count). The van der Waals surface area contributed by atoms with Crippen molar-refractivity contribution in [2.75, 3.05) is 5.32 Å². The summed E-state index contributed by atoms with van der Waals surface area (Å²) >= 11 is 6.05. The van der Waals surface area contributed by atoms with Crippen LogP contribution in [0.3, 0.4) is 0 Å². The van der Waals surface area contributed by atoms with Crippen LogP contribution in [0.4, 0.5) is 5.69 Å². The molecule has 0 aliphatic heterocycles. The lowest BCUT2D eigenvalue weighted by molar-refractivity contribution is -0.115. The van der Waals surface area contributed by atoms with Gasteiger partial charge >= 0.3 is 5.69 Å². The van der Waals surface area contributed by atoms with Crippen LogP contribution in [-0.4, -0.2) is 25.7 Å². The third kappa shape index (κ3) is 3.36. The maximum atomic E-state index is 12.1. The normalized spacial score (nSPS) is 10.6. The summed E-state index contributed by atoms with van der Waals surface area (Å²) in [5, 5.41) is 10.8. The van der Waals surface area contributed by atoms with Gasteiger partial charge in [0.15, 0.2) is 0 Å². The van der Waals surface area contributed by atoms with E-state index in [1.54, 1.807) is 30.3 Å². The minimum absolute atomic E-state index is 0.174. The topological polar surface area (TPSA) is 81.8 Å². The average molecular weight is 344 g/mol. The molecule has 122 valence electrons. The Morgan fingerprint density at radius 3 is 2.46 bits per heavy atom. The van der Waals surface area contributed by atoms with E-state index in [0.717, 1.165) is 10.2 Å². The van der Waals surface area contributed by atoms with Crippen LogP contribution in [0, 0.1) is 0 Å². The van der Waals surface area contributed by atoms with Crippen LogP contribution in [0.1, 0.15) is 5.56 Å². The SMILES string of the molecule is Cn1nnn(-c2ccc(NC(=O)Cc3ccccc3Cl)cc2)c1=O. The molecule has 0 bridgehead atoms. The summed E-state index contributed by atoms with van der Waals surface area (Å²) in [6.45, 7) is 0. The predicted molar refractivity (Wildman–Crippen MR) is 90.4 cm³/mol. The van der Waals surface area contributed by atoms with Crippen LogP contribution in [-0.2, 0) is 18.3 Å². The molecule has 1 heterocycles. The maximum absolute atomic E-state index is 12.1. The number of nitrogens with zero attached hydrogens (tertiary/aromatic N) is 4. The number of carbonyl (C=O) groups is 1. The summed E-state index contributed by atoms with van der Waals surface area (Å²) in [6.07, 6.45) is 0.186. The second kappa shape index (κ2) is 6.67. The monoisotopic (exact) mass is 343 g/mol. The van der Waals surface area contributed by atoms with E-state index >= 15 is 0 Å². The van der Waals surface area contributed by atoms with E-state index in [2.05, 4.69) is 15.7 Å². The molecule has 24 heavy (non-hydrogen) atoms. The van der Waals surface area contributed by atoms with Gasteiger partial charge < -0.3 is 5.32 Å². The number of hydrogen-bond acceptors (Lipinski definition) is 4. The first-order valence-corrected chi connectivity index (χ1v) is 7.55. The van der Waals surface area contributed by atoms with Crippen molar-refractivity contribution in [2.24, 2.45) is 7.05 Å². The standard InChI is InChI=1S/C16H14ClN5O2/c1-21-16(24)22(20-19-21)13-8-6-12(7-9-13)18-15(23)10-11-4-2-3-5-14(11)17/h2-9H,10H2,1H3,(H,18,23). The number of aromatic nitrogens is 4. The van der Waals surface area contributed by atoms with Crippen LogP contribution in [0.5, 0.6) is 0 Å². The fraction of sp³-hybridized carbons (Fsp3) is 0.125. The molecule has 0 atom stereocenters. The van der Waals surface area contributed by atoms with E-state index in [4.69, 9.17) is 11.6 Å². The zero-order valence-corrected chi connectivity index (χ0v) is 13.6. The summed E-state index contributed by atoms with van der Waals surface area (Å²) < 4.78 is 2.31. The van der Waals surface area contributed by atoms with Gasteiger partial charge in [-0.3, -0.25) is 4.79 Å². The van der Waals surface area contributed by atoms with Gasteiger partial charge in [-0.15, -0.1) is 0 Å². The molecule has 0 aliphatic rings. The molecule has 8 heteroatoms. The Balaban J connectivity index is 1.70. The van der Waals surface area contributed by atoms with Gasteiger partial charge in [-0.05, 0) is 46.3 Å². The largest absolute Gasteiger partial charge is 0.368 e. The number of hydrogen-bond donors (Lipinski definition) is 1. The van der Waals surface area contributed by atoms with Gasteiger partial charge in [0.1, 0.15) is 0 Å². The molecule has 7 nitrogen and oxygen atoms in total. The first-order chi connectivity index (χ1) is 11.5. The highest BCUT2D eigenvalue weighted by atomic mass is 35.5. The fourth-order valence-electron chi connectivity index (χ4n) is 2.18. The number of benzene rings is 2. The Morgan fingerprint density at radius 1 is 1.12 bits per heavy atom. The van der Waals surface area contributed by atoms with Crippen LogP contribution in [0.2, 0.25) is 5.02 Å². The highest BCUT2D eigenvalue weighted by Gasteiger charge is 2.09. The first-order valence-electron chi connectivity index (χ1n) is 7.17. The molecule has 0 saturated heterocycles. The van der Waals surface area contributed by atoms with Gasteiger partial charge in [-0.25, -0.2) is 4.79 Å². The van der Waals surface area contributed by atoms with Crippen molar-refractivity contribution < 1.29 is 4.79 Å². The van der Waals surface area contributed by atoms with Crippen LogP contribution in [0.15, 0.2) is 53.3 Å². The molecule has 0 fully saturated rings. The second-order valence-electron chi connectivity index (χ2n) is 5.16. The summed E-state index contributed by atoms with van der Waals surface area (Å²) in [6, 6.07) is 14.0. The van der Waals surface area contributed by atoms with Crippen LogP contribution < -0.4 is 11.0 Å². The molecule has 3 aromatic rings. The van der Waals surface area contributed by atoms with Gasteiger partial charge in [0.05, 0.1) is 12.1 Å². The number of nitrogens with one attached hydrogen (secondary N) is 1. The van der Waals surface area contributed by atoms with Crippen molar-refractivity contribution in [3.63, 3.8) is 0 Å². The quantitative estimate of drug-likeness (QED) is 0.783. The Kier molecular flexibility index (Phi) is 4.43. The second-order valence-corrected chi connectivity index (χ2v) is 5.57. The van der Waals surface area contributed by atoms with Crippen molar-refractivity contribution in [1.29, 1.82) is 0 Å². The van der Waals surface area contributed by atoms with Crippen molar-refractivity contribution in [3.8, 4) is 5.69 Å². The minimum atomic E-state index is -0.342. The number of aryl methyl sites for hydroxylation is 1. The zero-order valence-electron chi connectivity index (χ0n) is 12.8. The number of amides is 1. The molecular formula is C16H14ClN5O2. The van der Waals surface area contributed by atoms with E-state index in [1.165, 1.54) is 11.7 Å². The lowest BCUT2D eigenvalue weighted by atomic mass is 10.1. The van der Waals surface area contributed by atoms with Crippen molar-refractivity contribution in [3.05, 3.63) is 69.6 Å². The number of halogens is 1. The molecule has 0 saturated carbocycles. The van der Waals surface area contributed by atoms with Crippen molar-refractivity contribution in [1.82, 2.24) is 19.8 Å². The predicted octanol–water partition coefficient (Wildman–Crippen LogP) is 1.80. The Hall–Kier alpha value is -2.93. The molecule has 0 spiro atoms. The number of anilines is 1. The Morgan fingerprint density at radius 2 is 1.83 bits per heavy atom. The molecule has 0 unspecified atom stereocenters. The fourth-order valence-corrected chi connectivity index (χ4v) is 2.38. The maximum Gasteiger partial charge on any atom is 0.368 e. The van der Waals surface area contributed by atoms with Gasteiger partial charge in [0.2, 0.25) is 5.91 Å². The zero-order chi connectivity index (χ0) is 17.1. The van der Waals surface area contributed by atoms with E-state index in [9.17, 15) is 9.59 Å². The Bertz CT molecular complexity index is 930. The van der Waals surface area contributed by atoms with Gasteiger partial charge in [0.25, 0.3) is 0 Å². The van der Waals surface area contributed by atoms with Crippen LogP contribution >= 0.6 is 11.6 Å². The minimum Gasteiger partial charge on any atom is -0.326 e. The first kappa shape index (κ1) is 15.9. The molecule has 2 aromatic carbocycles. The Labute approximate surface area is 142 Å². The molecule has 1 N–H and O–H groups in total. The van der Waals surface area contributed by atoms with Gasteiger partial charge in [-0.1, -0.05) is 29.8 Å². The third-order valence-corrected chi connectivity index (χ3v) is 3.79. The van der Waals surface area contributed by atoms with E-state index in [-0.39, 0.29) is 18.0 Å². The lowest BCUT2D eigenvalue weighted by Crippen LogP contribution is -2.21. The molecular weight excluding hydrogens is 330 g/mol. The summed E-state index contributed by atoms with van der Waals surface area (Å²) in [4.78, 5) is 23.9. The molecule has 0 aliphatic carbocycles. The number of rotatable bonds is 4. The van der Waals surface area contributed by atoms with Crippen LogP contribution in [0.25, 0.3) is 5.69 Å². The number of tetrazole rings is 1. The average Bonchev–Trinajstić information content (AvgIpc) is 2.90. The summed E-state index contributed by atoms with van der Waals surface area (Å²) in [5.74, 6) is -0.174. The molecule has 1 aromatic heterocycles. The smallest absolute Gasteiger partial charge is 0.326 e. The highest BCUT2D eigenvalue weighted by Crippen LogP contribution is 2.17.